The van der Waals surface area contributed by atoms with Crippen molar-refractivity contribution in [3.05, 3.63) is 35.4 Å². The van der Waals surface area contributed by atoms with E-state index in [1.165, 1.54) is 0 Å². The lowest BCUT2D eigenvalue weighted by atomic mass is 10.0. The van der Waals surface area contributed by atoms with E-state index in [4.69, 9.17) is 5.73 Å². The minimum atomic E-state index is -0.639. The first-order valence-corrected chi connectivity index (χ1v) is 6.68. The van der Waals surface area contributed by atoms with Gasteiger partial charge in [0.15, 0.2) is 0 Å². The third-order valence-corrected chi connectivity index (χ3v) is 3.09. The van der Waals surface area contributed by atoms with Gasteiger partial charge in [0.2, 0.25) is 5.91 Å². The van der Waals surface area contributed by atoms with Crippen molar-refractivity contribution < 1.29 is 9.90 Å². The summed E-state index contributed by atoms with van der Waals surface area (Å²) in [4.78, 5) is 11.9. The number of benzene rings is 1. The molecule has 0 radical (unpaired) electrons. The molecule has 0 fully saturated rings. The molecular weight excluding hydrogens is 276 g/mol. The van der Waals surface area contributed by atoms with Gasteiger partial charge in [0, 0.05) is 6.54 Å². The van der Waals surface area contributed by atoms with Crippen LogP contribution in [0, 0.1) is 12.8 Å². The molecule has 20 heavy (non-hydrogen) atoms. The van der Waals surface area contributed by atoms with Crippen LogP contribution >= 0.6 is 12.4 Å². The molecule has 0 heterocycles. The van der Waals surface area contributed by atoms with Gasteiger partial charge in [0.1, 0.15) is 6.04 Å². The highest BCUT2D eigenvalue weighted by atomic mass is 35.5. The van der Waals surface area contributed by atoms with Crippen LogP contribution in [0.2, 0.25) is 0 Å². The van der Waals surface area contributed by atoms with Crippen LogP contribution in [0.3, 0.4) is 0 Å². The van der Waals surface area contributed by atoms with Crippen LogP contribution in [0.25, 0.3) is 0 Å². The van der Waals surface area contributed by atoms with Crippen LogP contribution in [0.4, 0.5) is 0 Å². The van der Waals surface area contributed by atoms with E-state index in [0.29, 0.717) is 13.0 Å². The highest BCUT2D eigenvalue weighted by molar-refractivity contribution is 5.85. The average Bonchev–Trinajstić information content (AvgIpc) is 2.35. The van der Waals surface area contributed by atoms with Crippen LogP contribution in [-0.2, 0) is 4.79 Å². The summed E-state index contributed by atoms with van der Waals surface area (Å²) in [6, 6.07) is 6.99. The summed E-state index contributed by atoms with van der Waals surface area (Å²) in [5.41, 5.74) is 7.87. The number of hydrogen-bond donors (Lipinski definition) is 3. The molecule has 0 aliphatic heterocycles. The molecule has 3 atom stereocenters. The van der Waals surface area contributed by atoms with E-state index in [-0.39, 0.29) is 30.3 Å². The normalized spacial score (nSPS) is 14.8. The monoisotopic (exact) mass is 300 g/mol. The number of nitrogens with one attached hydrogen (secondary N) is 1. The molecule has 0 aliphatic carbocycles. The van der Waals surface area contributed by atoms with Gasteiger partial charge in [0.05, 0.1) is 6.10 Å². The Balaban J connectivity index is 0.00000361. The smallest absolute Gasteiger partial charge is 0.241 e. The molecule has 4 nitrogen and oxygen atoms in total. The molecule has 114 valence electrons. The van der Waals surface area contributed by atoms with E-state index in [9.17, 15) is 9.90 Å². The second-order valence-electron chi connectivity index (χ2n) is 5.32. The molecule has 0 aliphatic rings. The zero-order valence-corrected chi connectivity index (χ0v) is 13.1. The third-order valence-electron chi connectivity index (χ3n) is 3.09. The molecule has 0 aromatic heterocycles. The molecule has 3 unspecified atom stereocenters. The summed E-state index contributed by atoms with van der Waals surface area (Å²) >= 11 is 0. The molecule has 0 bridgehead atoms. The van der Waals surface area contributed by atoms with Crippen LogP contribution < -0.4 is 11.1 Å². The topological polar surface area (TPSA) is 75.4 Å². The Labute approximate surface area is 127 Å². The Morgan fingerprint density at radius 1 is 1.30 bits per heavy atom. The number of aryl methyl sites for hydroxylation is 1. The van der Waals surface area contributed by atoms with Crippen molar-refractivity contribution in [2.45, 2.75) is 39.3 Å². The SMILES string of the molecule is Cc1ccc(C(N)C(=O)NCC(C)CC(C)O)cc1.Cl. The van der Waals surface area contributed by atoms with Gasteiger partial charge in [-0.05, 0) is 31.7 Å². The second-order valence-corrected chi connectivity index (χ2v) is 5.32. The molecule has 1 aromatic carbocycles. The quantitative estimate of drug-likeness (QED) is 0.751. The fraction of sp³-hybridized carbons (Fsp3) is 0.533. The first-order chi connectivity index (χ1) is 8.90. The van der Waals surface area contributed by atoms with E-state index < -0.39 is 6.04 Å². The Morgan fingerprint density at radius 2 is 1.85 bits per heavy atom. The summed E-state index contributed by atoms with van der Waals surface area (Å²) in [5.74, 6) is 0.0514. The van der Waals surface area contributed by atoms with Crippen molar-refractivity contribution in [2.24, 2.45) is 11.7 Å². The molecule has 0 saturated carbocycles. The van der Waals surface area contributed by atoms with Gasteiger partial charge in [-0.2, -0.15) is 0 Å². The van der Waals surface area contributed by atoms with Crippen molar-refractivity contribution in [1.29, 1.82) is 0 Å². The Bertz CT molecular complexity index is 407. The van der Waals surface area contributed by atoms with Gasteiger partial charge in [-0.3, -0.25) is 4.79 Å². The van der Waals surface area contributed by atoms with Gasteiger partial charge in [-0.15, -0.1) is 12.4 Å². The minimum Gasteiger partial charge on any atom is -0.393 e. The number of amides is 1. The van der Waals surface area contributed by atoms with Crippen LogP contribution in [-0.4, -0.2) is 23.7 Å². The van der Waals surface area contributed by atoms with E-state index in [1.54, 1.807) is 6.92 Å². The molecule has 0 saturated heterocycles. The van der Waals surface area contributed by atoms with Crippen molar-refractivity contribution in [3.8, 4) is 0 Å². The van der Waals surface area contributed by atoms with E-state index in [2.05, 4.69) is 5.32 Å². The van der Waals surface area contributed by atoms with Crippen molar-refractivity contribution in [2.75, 3.05) is 6.54 Å². The number of halogens is 1. The fourth-order valence-corrected chi connectivity index (χ4v) is 1.98. The van der Waals surface area contributed by atoms with Crippen molar-refractivity contribution >= 4 is 18.3 Å². The van der Waals surface area contributed by atoms with Gasteiger partial charge >= 0.3 is 0 Å². The average molecular weight is 301 g/mol. The predicted octanol–water partition coefficient (Wildman–Crippen LogP) is 1.94. The van der Waals surface area contributed by atoms with Gasteiger partial charge in [-0.25, -0.2) is 0 Å². The number of rotatable bonds is 6. The number of hydrogen-bond acceptors (Lipinski definition) is 3. The first kappa shape index (κ1) is 18.9. The Hall–Kier alpha value is -1.10. The van der Waals surface area contributed by atoms with Crippen molar-refractivity contribution in [3.63, 3.8) is 0 Å². The van der Waals surface area contributed by atoms with E-state index in [1.807, 2.05) is 38.1 Å². The van der Waals surface area contributed by atoms with Gasteiger partial charge in [0.25, 0.3) is 0 Å². The largest absolute Gasteiger partial charge is 0.393 e. The molecule has 4 N–H and O–H groups in total. The maximum atomic E-state index is 11.9. The molecule has 0 spiro atoms. The highest BCUT2D eigenvalue weighted by Gasteiger charge is 2.16. The van der Waals surface area contributed by atoms with Crippen LogP contribution in [0.15, 0.2) is 24.3 Å². The Kier molecular flexibility index (Phi) is 8.46. The summed E-state index contributed by atoms with van der Waals surface area (Å²) < 4.78 is 0. The third kappa shape index (κ3) is 6.37. The summed E-state index contributed by atoms with van der Waals surface area (Å²) in [7, 11) is 0. The van der Waals surface area contributed by atoms with Crippen LogP contribution in [0.1, 0.15) is 37.4 Å². The maximum absolute atomic E-state index is 11.9. The summed E-state index contributed by atoms with van der Waals surface area (Å²) in [6.45, 7) is 6.26. The molecular formula is C15H25ClN2O2. The van der Waals surface area contributed by atoms with Crippen LogP contribution in [0.5, 0.6) is 0 Å². The fourth-order valence-electron chi connectivity index (χ4n) is 1.98. The summed E-state index contributed by atoms with van der Waals surface area (Å²) in [5, 5.41) is 12.1. The maximum Gasteiger partial charge on any atom is 0.241 e. The molecule has 1 rings (SSSR count). The lowest BCUT2D eigenvalue weighted by Gasteiger charge is -2.17. The number of carbonyl (C=O) groups is 1. The molecule has 1 aromatic rings. The number of aliphatic hydroxyl groups is 1. The lowest BCUT2D eigenvalue weighted by molar-refractivity contribution is -0.122. The number of carbonyl (C=O) groups excluding carboxylic acids is 1. The van der Waals surface area contributed by atoms with Gasteiger partial charge in [-0.1, -0.05) is 36.8 Å². The second kappa shape index (κ2) is 8.95. The zero-order chi connectivity index (χ0) is 14.4. The van der Waals surface area contributed by atoms with E-state index >= 15 is 0 Å². The highest BCUT2D eigenvalue weighted by Crippen LogP contribution is 2.12. The number of aliphatic hydroxyl groups excluding tert-OH is 1. The number of nitrogens with two attached hydrogens (primary N) is 1. The Morgan fingerprint density at radius 3 is 2.35 bits per heavy atom. The zero-order valence-electron chi connectivity index (χ0n) is 12.3. The first-order valence-electron chi connectivity index (χ1n) is 6.68. The van der Waals surface area contributed by atoms with Gasteiger partial charge < -0.3 is 16.2 Å². The molecule has 1 amide bonds. The standard InChI is InChI=1S/C15H24N2O2.ClH/c1-10-4-6-13(7-5-10)14(16)15(19)17-9-11(2)8-12(3)18;/h4-7,11-12,14,18H,8-9,16H2,1-3H3,(H,17,19);1H. The van der Waals surface area contributed by atoms with E-state index in [0.717, 1.165) is 11.1 Å². The summed E-state index contributed by atoms with van der Waals surface area (Å²) in [6.07, 6.45) is 0.317. The lowest BCUT2D eigenvalue weighted by Crippen LogP contribution is -2.37. The minimum absolute atomic E-state index is 0. The predicted molar refractivity (Wildman–Crippen MR) is 83.8 cm³/mol. The van der Waals surface area contributed by atoms with Crippen molar-refractivity contribution in [1.82, 2.24) is 5.32 Å². The molecule has 5 heteroatoms.